The number of hydrogen-bond acceptors (Lipinski definition) is 3. The summed E-state index contributed by atoms with van der Waals surface area (Å²) in [5.41, 5.74) is 0.246. The van der Waals surface area contributed by atoms with Gasteiger partial charge in [-0.05, 0) is 25.7 Å². The van der Waals surface area contributed by atoms with Gasteiger partial charge in [0.1, 0.15) is 0 Å². The molecule has 110 valence electrons. The first-order chi connectivity index (χ1) is 9.31. The lowest BCUT2D eigenvalue weighted by Gasteiger charge is -2.41. The Morgan fingerprint density at radius 1 is 0.895 bits per heavy atom. The summed E-state index contributed by atoms with van der Waals surface area (Å²) in [5, 5.41) is 9.73. The Hall–Kier alpha value is -0.120. The van der Waals surface area contributed by atoms with Gasteiger partial charge in [-0.2, -0.15) is 0 Å². The predicted octanol–water partition coefficient (Wildman–Crippen LogP) is 2.10. The van der Waals surface area contributed by atoms with Crippen molar-refractivity contribution in [2.45, 2.75) is 57.4 Å². The third-order valence-electron chi connectivity index (χ3n) is 5.81. The van der Waals surface area contributed by atoms with Gasteiger partial charge in [-0.25, -0.2) is 0 Å². The number of aliphatic hydroxyl groups is 1. The minimum Gasteiger partial charge on any atom is -0.396 e. The minimum atomic E-state index is 0.246. The second kappa shape index (κ2) is 6.11. The molecule has 1 heterocycles. The topological polar surface area (TPSA) is 26.7 Å². The van der Waals surface area contributed by atoms with Crippen molar-refractivity contribution in [2.24, 2.45) is 5.41 Å². The molecule has 3 aliphatic rings. The zero-order valence-electron chi connectivity index (χ0n) is 12.3. The summed E-state index contributed by atoms with van der Waals surface area (Å²) in [5.74, 6) is 0. The van der Waals surface area contributed by atoms with E-state index in [1.165, 1.54) is 77.5 Å². The van der Waals surface area contributed by atoms with E-state index in [2.05, 4.69) is 9.80 Å². The molecule has 3 heteroatoms. The van der Waals surface area contributed by atoms with Crippen molar-refractivity contribution >= 4 is 0 Å². The van der Waals surface area contributed by atoms with Crippen LogP contribution in [-0.2, 0) is 0 Å². The zero-order chi connectivity index (χ0) is 13.1. The first-order valence-electron chi connectivity index (χ1n) is 8.39. The quantitative estimate of drug-likeness (QED) is 0.844. The summed E-state index contributed by atoms with van der Waals surface area (Å²) in [4.78, 5) is 5.34. The molecular weight excluding hydrogens is 236 g/mol. The van der Waals surface area contributed by atoms with Gasteiger partial charge in [-0.15, -0.1) is 0 Å². The second-order valence-corrected chi connectivity index (χ2v) is 7.12. The fraction of sp³-hybridized carbons (Fsp3) is 1.00. The molecule has 19 heavy (non-hydrogen) atoms. The van der Waals surface area contributed by atoms with Crippen molar-refractivity contribution in [1.29, 1.82) is 0 Å². The lowest BCUT2D eigenvalue weighted by Crippen LogP contribution is -2.52. The van der Waals surface area contributed by atoms with Gasteiger partial charge < -0.3 is 10.0 Å². The van der Waals surface area contributed by atoms with Gasteiger partial charge in [0.25, 0.3) is 0 Å². The first-order valence-corrected chi connectivity index (χ1v) is 8.39. The smallest absolute Gasteiger partial charge is 0.0499 e. The van der Waals surface area contributed by atoms with E-state index in [1.54, 1.807) is 0 Å². The highest BCUT2D eigenvalue weighted by Gasteiger charge is 2.36. The third-order valence-corrected chi connectivity index (χ3v) is 5.81. The van der Waals surface area contributed by atoms with E-state index in [-0.39, 0.29) is 5.41 Å². The van der Waals surface area contributed by atoms with Gasteiger partial charge >= 0.3 is 0 Å². The lowest BCUT2D eigenvalue weighted by atomic mass is 9.86. The van der Waals surface area contributed by atoms with Crippen LogP contribution in [-0.4, -0.2) is 60.3 Å². The van der Waals surface area contributed by atoms with E-state index in [0.29, 0.717) is 6.61 Å². The second-order valence-electron chi connectivity index (χ2n) is 7.12. The van der Waals surface area contributed by atoms with E-state index in [1.807, 2.05) is 0 Å². The summed E-state index contributed by atoms with van der Waals surface area (Å²) in [6.07, 6.45) is 10.9. The zero-order valence-corrected chi connectivity index (χ0v) is 12.3. The van der Waals surface area contributed by atoms with Crippen molar-refractivity contribution in [3.05, 3.63) is 0 Å². The van der Waals surface area contributed by atoms with Gasteiger partial charge in [0.2, 0.25) is 0 Å². The third kappa shape index (κ3) is 3.14. The molecule has 0 bridgehead atoms. The maximum Gasteiger partial charge on any atom is 0.0499 e. The summed E-state index contributed by atoms with van der Waals surface area (Å²) in [6.45, 7) is 6.49. The Morgan fingerprint density at radius 3 is 2.11 bits per heavy atom. The largest absolute Gasteiger partial charge is 0.396 e. The number of hydrogen-bond donors (Lipinski definition) is 1. The van der Waals surface area contributed by atoms with Crippen LogP contribution < -0.4 is 0 Å². The van der Waals surface area contributed by atoms with Crippen LogP contribution in [0.25, 0.3) is 0 Å². The number of rotatable bonds is 4. The molecule has 3 rings (SSSR count). The summed E-state index contributed by atoms with van der Waals surface area (Å²) < 4.78 is 0. The molecule has 0 amide bonds. The summed E-state index contributed by atoms with van der Waals surface area (Å²) in [6, 6.07) is 0.889. The van der Waals surface area contributed by atoms with Crippen LogP contribution in [0.2, 0.25) is 0 Å². The van der Waals surface area contributed by atoms with Crippen LogP contribution in [0.5, 0.6) is 0 Å². The highest BCUT2D eigenvalue weighted by Crippen LogP contribution is 2.38. The molecule has 2 saturated carbocycles. The maximum absolute atomic E-state index is 9.73. The number of piperazine rings is 1. The van der Waals surface area contributed by atoms with Gasteiger partial charge in [-0.1, -0.05) is 25.7 Å². The molecule has 1 saturated heterocycles. The van der Waals surface area contributed by atoms with Crippen molar-refractivity contribution in [3.8, 4) is 0 Å². The van der Waals surface area contributed by atoms with Crippen molar-refractivity contribution < 1.29 is 5.11 Å². The fourth-order valence-corrected chi connectivity index (χ4v) is 4.52. The van der Waals surface area contributed by atoms with Gasteiger partial charge in [0.15, 0.2) is 0 Å². The average Bonchev–Trinajstić information content (AvgIpc) is 3.11. The van der Waals surface area contributed by atoms with E-state index >= 15 is 0 Å². The van der Waals surface area contributed by atoms with Crippen molar-refractivity contribution in [1.82, 2.24) is 9.80 Å². The molecule has 0 aromatic rings. The first kappa shape index (κ1) is 13.8. The molecule has 3 nitrogen and oxygen atoms in total. The highest BCUT2D eigenvalue weighted by molar-refractivity contribution is 4.89. The summed E-state index contributed by atoms with van der Waals surface area (Å²) >= 11 is 0. The standard InChI is InChI=1S/C16H30N2O/c19-14-16(7-3-4-8-16)13-17-9-11-18(12-10-17)15-5-1-2-6-15/h15,19H,1-14H2. The van der Waals surface area contributed by atoms with Gasteiger partial charge in [0.05, 0.1) is 0 Å². The van der Waals surface area contributed by atoms with Crippen LogP contribution in [0.4, 0.5) is 0 Å². The Bertz CT molecular complexity index is 274. The monoisotopic (exact) mass is 266 g/mol. The normalized spacial score (nSPS) is 30.2. The number of aliphatic hydroxyl groups excluding tert-OH is 1. The minimum absolute atomic E-state index is 0.246. The molecule has 1 aliphatic heterocycles. The van der Waals surface area contributed by atoms with Gasteiger partial charge in [-0.3, -0.25) is 4.90 Å². The molecule has 0 radical (unpaired) electrons. The highest BCUT2D eigenvalue weighted by atomic mass is 16.3. The predicted molar refractivity (Wildman–Crippen MR) is 78.3 cm³/mol. The molecule has 0 atom stereocenters. The number of nitrogens with zero attached hydrogens (tertiary/aromatic N) is 2. The molecule has 0 unspecified atom stereocenters. The molecule has 0 spiro atoms. The van der Waals surface area contributed by atoms with E-state index in [0.717, 1.165) is 12.6 Å². The summed E-state index contributed by atoms with van der Waals surface area (Å²) in [7, 11) is 0. The Labute approximate surface area is 118 Å². The fourth-order valence-electron chi connectivity index (χ4n) is 4.52. The van der Waals surface area contributed by atoms with Crippen LogP contribution in [0.1, 0.15) is 51.4 Å². The van der Waals surface area contributed by atoms with Crippen LogP contribution >= 0.6 is 0 Å². The van der Waals surface area contributed by atoms with Crippen LogP contribution in [0, 0.1) is 5.41 Å². The van der Waals surface area contributed by atoms with Crippen molar-refractivity contribution in [3.63, 3.8) is 0 Å². The molecule has 1 N–H and O–H groups in total. The molecular formula is C16H30N2O. The molecule has 2 aliphatic carbocycles. The molecule has 0 aromatic heterocycles. The van der Waals surface area contributed by atoms with Gasteiger partial charge in [0, 0.05) is 50.8 Å². The molecule has 3 fully saturated rings. The lowest BCUT2D eigenvalue weighted by molar-refractivity contribution is 0.0387. The van der Waals surface area contributed by atoms with Crippen LogP contribution in [0.3, 0.4) is 0 Å². The van der Waals surface area contributed by atoms with E-state index in [9.17, 15) is 5.11 Å². The Kier molecular flexibility index (Phi) is 4.45. The Morgan fingerprint density at radius 2 is 1.53 bits per heavy atom. The van der Waals surface area contributed by atoms with Crippen LogP contribution in [0.15, 0.2) is 0 Å². The average molecular weight is 266 g/mol. The maximum atomic E-state index is 9.73. The Balaban J connectivity index is 1.47. The van der Waals surface area contributed by atoms with Crippen molar-refractivity contribution in [2.75, 3.05) is 39.3 Å². The van der Waals surface area contributed by atoms with E-state index in [4.69, 9.17) is 0 Å². The molecule has 0 aromatic carbocycles. The van der Waals surface area contributed by atoms with E-state index < -0.39 is 0 Å². The SMILES string of the molecule is OCC1(CN2CCN(C3CCCC3)CC2)CCCC1.